The molecule has 2 aromatic carbocycles. The molecule has 1 aliphatic carbocycles. The van der Waals surface area contributed by atoms with Crippen LogP contribution < -0.4 is 15.8 Å². The lowest BCUT2D eigenvalue weighted by Gasteiger charge is -2.41. The van der Waals surface area contributed by atoms with E-state index in [9.17, 15) is 9.59 Å². The summed E-state index contributed by atoms with van der Waals surface area (Å²) < 4.78 is 0. The predicted molar refractivity (Wildman–Crippen MR) is 95.9 cm³/mol. The lowest BCUT2D eigenvalue weighted by molar-refractivity contribution is 0.234. The van der Waals surface area contributed by atoms with Gasteiger partial charge < -0.3 is 4.90 Å². The SMILES string of the molecule is Cc1ccc(-c2c(N(C)[C@@H]3CCC[C@H](C)[C@H]3C)c(=O)c2=O)cc1. The molecule has 0 N–H and O–H groups in total. The van der Waals surface area contributed by atoms with Crippen molar-refractivity contribution in [3.8, 4) is 11.1 Å². The molecule has 3 heteroatoms. The molecular formula is C20H25NO2. The number of hydrogen-bond acceptors (Lipinski definition) is 3. The van der Waals surface area contributed by atoms with E-state index in [0.29, 0.717) is 29.1 Å². The molecule has 0 saturated heterocycles. The van der Waals surface area contributed by atoms with Gasteiger partial charge in [-0.05, 0) is 30.7 Å². The molecule has 1 fully saturated rings. The number of hydrogen-bond donors (Lipinski definition) is 0. The van der Waals surface area contributed by atoms with Gasteiger partial charge in [-0.2, -0.15) is 0 Å². The topological polar surface area (TPSA) is 37.4 Å². The maximum atomic E-state index is 12.2. The van der Waals surface area contributed by atoms with Gasteiger partial charge in [0.2, 0.25) is 10.9 Å². The summed E-state index contributed by atoms with van der Waals surface area (Å²) in [5, 5.41) is 0. The molecule has 2 aromatic rings. The fourth-order valence-electron chi connectivity index (χ4n) is 3.97. The van der Waals surface area contributed by atoms with E-state index in [0.717, 1.165) is 17.5 Å². The molecule has 0 radical (unpaired) electrons. The molecule has 3 atom stereocenters. The third-order valence-electron chi connectivity index (χ3n) is 5.74. The lowest BCUT2D eigenvalue weighted by atomic mass is 9.77. The summed E-state index contributed by atoms with van der Waals surface area (Å²) in [7, 11) is 1.98. The van der Waals surface area contributed by atoms with E-state index in [-0.39, 0.29) is 10.9 Å². The average Bonchev–Trinajstić information content (AvgIpc) is 2.55. The van der Waals surface area contributed by atoms with Crippen molar-refractivity contribution in [2.24, 2.45) is 11.8 Å². The van der Waals surface area contributed by atoms with Crippen molar-refractivity contribution >= 4 is 5.69 Å². The van der Waals surface area contributed by atoms with Crippen LogP contribution in [0, 0.1) is 18.8 Å². The molecule has 0 bridgehead atoms. The van der Waals surface area contributed by atoms with Gasteiger partial charge in [0.15, 0.2) is 0 Å². The van der Waals surface area contributed by atoms with Crippen LogP contribution in [0.1, 0.15) is 38.7 Å². The smallest absolute Gasteiger partial charge is 0.250 e. The Morgan fingerprint density at radius 2 is 1.65 bits per heavy atom. The first-order chi connectivity index (χ1) is 10.9. The second-order valence-corrected chi connectivity index (χ2v) is 7.19. The Morgan fingerprint density at radius 1 is 1.00 bits per heavy atom. The van der Waals surface area contributed by atoms with Crippen molar-refractivity contribution in [3.63, 3.8) is 0 Å². The van der Waals surface area contributed by atoms with Gasteiger partial charge >= 0.3 is 0 Å². The number of benzene rings is 1. The number of anilines is 1. The highest BCUT2D eigenvalue weighted by molar-refractivity contribution is 5.82. The van der Waals surface area contributed by atoms with Crippen LogP contribution in [0.3, 0.4) is 0 Å². The number of rotatable bonds is 3. The fraction of sp³-hybridized carbons (Fsp3) is 0.500. The highest BCUT2D eigenvalue weighted by Crippen LogP contribution is 2.36. The highest BCUT2D eigenvalue weighted by Gasteiger charge is 2.34. The molecule has 0 spiro atoms. The van der Waals surface area contributed by atoms with Crippen molar-refractivity contribution in [3.05, 3.63) is 50.3 Å². The molecule has 0 heterocycles. The van der Waals surface area contributed by atoms with Crippen LogP contribution in [0.4, 0.5) is 5.69 Å². The molecule has 0 aromatic heterocycles. The predicted octanol–water partition coefficient (Wildman–Crippen LogP) is 3.52. The average molecular weight is 311 g/mol. The van der Waals surface area contributed by atoms with E-state index in [1.165, 1.54) is 12.8 Å². The highest BCUT2D eigenvalue weighted by atomic mass is 16.2. The van der Waals surface area contributed by atoms with Gasteiger partial charge in [0.25, 0.3) is 0 Å². The van der Waals surface area contributed by atoms with Crippen LogP contribution in [-0.2, 0) is 0 Å². The van der Waals surface area contributed by atoms with E-state index in [4.69, 9.17) is 0 Å². The fourth-order valence-corrected chi connectivity index (χ4v) is 3.97. The summed E-state index contributed by atoms with van der Waals surface area (Å²) in [4.78, 5) is 26.5. The molecule has 1 aliphatic rings. The molecule has 122 valence electrons. The Morgan fingerprint density at radius 3 is 2.30 bits per heavy atom. The van der Waals surface area contributed by atoms with Gasteiger partial charge in [0, 0.05) is 13.1 Å². The van der Waals surface area contributed by atoms with Gasteiger partial charge in [-0.25, -0.2) is 0 Å². The lowest BCUT2D eigenvalue weighted by Crippen LogP contribution is -2.48. The zero-order valence-electron chi connectivity index (χ0n) is 14.4. The van der Waals surface area contributed by atoms with Gasteiger partial charge in [0.05, 0.1) is 5.56 Å². The maximum absolute atomic E-state index is 12.2. The maximum Gasteiger partial charge on any atom is 0.250 e. The van der Waals surface area contributed by atoms with E-state index >= 15 is 0 Å². The standard InChI is InChI=1S/C20H25NO2/c1-12-8-10-15(11-9-12)17-18(20(23)19(17)22)21(4)16-7-5-6-13(2)14(16)3/h8-11,13-14,16H,5-7H2,1-4H3/t13-,14+,16+/m0/s1. The molecule has 3 rings (SSSR count). The summed E-state index contributed by atoms with van der Waals surface area (Å²) in [6.07, 6.45) is 3.53. The van der Waals surface area contributed by atoms with Crippen LogP contribution >= 0.6 is 0 Å². The molecule has 1 saturated carbocycles. The first-order valence-electron chi connectivity index (χ1n) is 8.55. The molecule has 0 aliphatic heterocycles. The zero-order valence-corrected chi connectivity index (χ0v) is 14.4. The number of aryl methyl sites for hydroxylation is 1. The van der Waals surface area contributed by atoms with Crippen molar-refractivity contribution in [1.29, 1.82) is 0 Å². The summed E-state index contributed by atoms with van der Waals surface area (Å²) in [6, 6.07) is 8.19. The van der Waals surface area contributed by atoms with E-state index in [2.05, 4.69) is 18.7 Å². The van der Waals surface area contributed by atoms with E-state index < -0.39 is 0 Å². The van der Waals surface area contributed by atoms with Crippen molar-refractivity contribution in [1.82, 2.24) is 0 Å². The second kappa shape index (κ2) is 5.95. The van der Waals surface area contributed by atoms with Crippen LogP contribution in [0.5, 0.6) is 0 Å². The van der Waals surface area contributed by atoms with Gasteiger partial charge in [-0.1, -0.05) is 56.5 Å². The molecule has 0 amide bonds. The summed E-state index contributed by atoms with van der Waals surface area (Å²) in [5.74, 6) is 1.19. The third-order valence-corrected chi connectivity index (χ3v) is 5.74. The molecular weight excluding hydrogens is 286 g/mol. The zero-order chi connectivity index (χ0) is 16.7. The Hall–Kier alpha value is -1.90. The van der Waals surface area contributed by atoms with Gasteiger partial charge in [-0.15, -0.1) is 0 Å². The van der Waals surface area contributed by atoms with E-state index in [1.807, 2.05) is 38.2 Å². The first-order valence-corrected chi connectivity index (χ1v) is 8.55. The van der Waals surface area contributed by atoms with Crippen molar-refractivity contribution in [2.75, 3.05) is 11.9 Å². The minimum atomic E-state index is -0.341. The Labute approximate surface area is 137 Å². The largest absolute Gasteiger partial charge is 0.367 e. The van der Waals surface area contributed by atoms with E-state index in [1.54, 1.807) is 0 Å². The number of nitrogens with zero attached hydrogens (tertiary/aromatic N) is 1. The van der Waals surface area contributed by atoms with Crippen LogP contribution in [0.25, 0.3) is 11.1 Å². The quantitative estimate of drug-likeness (QED) is 0.814. The summed E-state index contributed by atoms with van der Waals surface area (Å²) in [6.45, 7) is 6.57. The minimum Gasteiger partial charge on any atom is -0.367 e. The molecule has 3 nitrogen and oxygen atoms in total. The monoisotopic (exact) mass is 311 g/mol. The molecule has 0 unspecified atom stereocenters. The first kappa shape index (κ1) is 16.0. The van der Waals surface area contributed by atoms with Crippen LogP contribution in [0.2, 0.25) is 0 Å². The Kier molecular flexibility index (Phi) is 4.13. The van der Waals surface area contributed by atoms with Gasteiger partial charge in [0.1, 0.15) is 5.69 Å². The Bertz CT molecular complexity index is 768. The summed E-state index contributed by atoms with van der Waals surface area (Å²) in [5.41, 5.74) is 2.56. The normalized spacial score (nSPS) is 24.8. The Balaban J connectivity index is 1.97. The molecule has 23 heavy (non-hydrogen) atoms. The van der Waals surface area contributed by atoms with Crippen molar-refractivity contribution < 1.29 is 0 Å². The van der Waals surface area contributed by atoms with Crippen molar-refractivity contribution in [2.45, 2.75) is 46.1 Å². The third kappa shape index (κ3) is 2.62. The van der Waals surface area contributed by atoms with Gasteiger partial charge in [-0.3, -0.25) is 9.59 Å². The summed E-state index contributed by atoms with van der Waals surface area (Å²) >= 11 is 0. The van der Waals surface area contributed by atoms with Crippen LogP contribution in [-0.4, -0.2) is 13.1 Å². The van der Waals surface area contributed by atoms with Crippen LogP contribution in [0.15, 0.2) is 33.9 Å². The second-order valence-electron chi connectivity index (χ2n) is 7.19. The minimum absolute atomic E-state index is 0.325.